The normalized spacial score (nSPS) is 41.3. The van der Waals surface area contributed by atoms with Gasteiger partial charge in [-0.15, -0.1) is 0 Å². The minimum atomic E-state index is -0.399. The molecular weight excluding hydrogens is 428 g/mol. The molecule has 7 unspecified atom stereocenters. The lowest BCUT2D eigenvalue weighted by Crippen LogP contribution is -2.52. The van der Waals surface area contributed by atoms with E-state index < -0.39 is 5.60 Å². The van der Waals surface area contributed by atoms with Gasteiger partial charge in [-0.2, -0.15) is 5.26 Å². The van der Waals surface area contributed by atoms with Crippen molar-refractivity contribution in [1.82, 2.24) is 0 Å². The molecule has 4 fully saturated rings. The topological polar surface area (TPSA) is 56.4 Å². The first-order valence-corrected chi connectivity index (χ1v) is 14.6. The smallest absolute Gasteiger partial charge is 0.100 e. The molecule has 4 aliphatic rings. The summed E-state index contributed by atoms with van der Waals surface area (Å²) < 4.78 is 0. The fourth-order valence-corrected chi connectivity index (χ4v) is 8.81. The van der Waals surface area contributed by atoms with Crippen LogP contribution in [-0.2, 0) is 0 Å². The molecule has 4 aliphatic carbocycles. The molecule has 4 saturated carbocycles. The van der Waals surface area contributed by atoms with Crippen molar-refractivity contribution in [3.05, 3.63) is 23.8 Å². The van der Waals surface area contributed by atoms with E-state index in [1.54, 1.807) is 25.6 Å². The maximum absolute atomic E-state index is 10.7. The van der Waals surface area contributed by atoms with E-state index in [0.29, 0.717) is 11.0 Å². The van der Waals surface area contributed by atoms with Crippen LogP contribution in [0.25, 0.3) is 0 Å². The Kier molecular flexibility index (Phi) is 9.84. The molecule has 0 radical (unpaired) electrons. The molecule has 0 aromatic heterocycles. The van der Waals surface area contributed by atoms with Crippen LogP contribution in [-0.4, -0.2) is 24.0 Å². The van der Waals surface area contributed by atoms with Crippen molar-refractivity contribution in [2.45, 2.75) is 117 Å². The molecule has 3 heteroatoms. The summed E-state index contributed by atoms with van der Waals surface area (Å²) in [6.45, 7) is 13.4. The molecule has 196 valence electrons. The van der Waals surface area contributed by atoms with Crippen LogP contribution in [0.15, 0.2) is 28.8 Å². The highest BCUT2D eigenvalue weighted by atomic mass is 16.3. The number of hydrogen-bond donors (Lipinski definition) is 1. The first kappa shape index (κ1) is 28.2. The van der Waals surface area contributed by atoms with Crippen LogP contribution in [0.4, 0.5) is 0 Å². The Morgan fingerprint density at radius 3 is 2.37 bits per heavy atom. The van der Waals surface area contributed by atoms with Gasteiger partial charge in [0.05, 0.1) is 11.2 Å². The first-order chi connectivity index (χ1) is 16.7. The highest BCUT2D eigenvalue weighted by Gasteiger charge is 2.55. The number of allylic oxidation sites excluding steroid dienone is 3. The molecule has 0 spiro atoms. The second-order valence-corrected chi connectivity index (χ2v) is 12.7. The average Bonchev–Trinajstić information content (AvgIpc) is 3.00. The SMILES string of the molecule is C/C=C(/C#N)C=NC.C=C(CCC)C1CCC[C@H]2C3CCC4CCC(C)(O)CCC4C3CCC12C. The van der Waals surface area contributed by atoms with Crippen LogP contribution in [0.1, 0.15) is 111 Å². The minimum Gasteiger partial charge on any atom is -0.390 e. The molecule has 35 heavy (non-hydrogen) atoms. The summed E-state index contributed by atoms with van der Waals surface area (Å²) in [5, 5.41) is 18.9. The lowest BCUT2D eigenvalue weighted by atomic mass is 9.45. The zero-order valence-electron chi connectivity index (χ0n) is 23.4. The van der Waals surface area contributed by atoms with Crippen molar-refractivity contribution >= 4 is 6.21 Å². The third kappa shape index (κ3) is 6.30. The highest BCUT2D eigenvalue weighted by molar-refractivity contribution is 5.83. The van der Waals surface area contributed by atoms with E-state index in [1.165, 1.54) is 76.8 Å². The van der Waals surface area contributed by atoms with E-state index in [-0.39, 0.29) is 0 Å². The summed E-state index contributed by atoms with van der Waals surface area (Å²) >= 11 is 0. The third-order valence-corrected chi connectivity index (χ3v) is 10.6. The first-order valence-electron chi connectivity index (χ1n) is 14.6. The van der Waals surface area contributed by atoms with Crippen molar-refractivity contribution in [3.8, 4) is 6.07 Å². The van der Waals surface area contributed by atoms with Crippen molar-refractivity contribution in [2.75, 3.05) is 7.05 Å². The average molecular weight is 481 g/mol. The van der Waals surface area contributed by atoms with Gasteiger partial charge in [-0.1, -0.05) is 44.9 Å². The summed E-state index contributed by atoms with van der Waals surface area (Å²) in [7, 11) is 1.64. The monoisotopic (exact) mass is 480 g/mol. The van der Waals surface area contributed by atoms with E-state index in [0.717, 1.165) is 48.3 Å². The lowest BCUT2D eigenvalue weighted by Gasteiger charge is -2.60. The summed E-state index contributed by atoms with van der Waals surface area (Å²) in [5.74, 6) is 5.44. The maximum Gasteiger partial charge on any atom is 0.100 e. The Bertz CT molecular complexity index is 818. The molecule has 4 rings (SSSR count). The number of fused-ring (bicyclic) bond motifs is 5. The second-order valence-electron chi connectivity index (χ2n) is 12.7. The molecule has 3 nitrogen and oxygen atoms in total. The molecule has 0 bridgehead atoms. The van der Waals surface area contributed by atoms with Gasteiger partial charge in [0.25, 0.3) is 0 Å². The van der Waals surface area contributed by atoms with E-state index >= 15 is 0 Å². The molecule has 0 saturated heterocycles. The Morgan fingerprint density at radius 2 is 1.74 bits per heavy atom. The number of rotatable bonds is 4. The van der Waals surface area contributed by atoms with E-state index in [9.17, 15) is 5.11 Å². The van der Waals surface area contributed by atoms with Crippen LogP contribution >= 0.6 is 0 Å². The highest BCUT2D eigenvalue weighted by Crippen LogP contribution is 2.63. The van der Waals surface area contributed by atoms with Gasteiger partial charge in [-0.05, 0) is 125 Å². The molecule has 0 aromatic carbocycles. The molecule has 0 amide bonds. The molecule has 0 heterocycles. The van der Waals surface area contributed by atoms with Gasteiger partial charge in [-0.25, -0.2) is 0 Å². The fraction of sp³-hybridized carbons (Fsp3) is 0.812. The fourth-order valence-electron chi connectivity index (χ4n) is 8.81. The van der Waals surface area contributed by atoms with Crippen molar-refractivity contribution in [2.24, 2.45) is 45.9 Å². The Balaban J connectivity index is 0.000000371. The van der Waals surface area contributed by atoms with Crippen LogP contribution in [0.2, 0.25) is 0 Å². The molecule has 0 aliphatic heterocycles. The lowest BCUT2D eigenvalue weighted by molar-refractivity contribution is -0.0941. The molecule has 8 atom stereocenters. The maximum atomic E-state index is 10.7. The van der Waals surface area contributed by atoms with Gasteiger partial charge in [0, 0.05) is 13.3 Å². The van der Waals surface area contributed by atoms with E-state index in [4.69, 9.17) is 5.26 Å². The largest absolute Gasteiger partial charge is 0.390 e. The molecule has 1 N–H and O–H groups in total. The van der Waals surface area contributed by atoms with E-state index in [1.807, 2.05) is 6.07 Å². The Labute approximate surface area is 216 Å². The van der Waals surface area contributed by atoms with Gasteiger partial charge >= 0.3 is 0 Å². The zero-order valence-corrected chi connectivity index (χ0v) is 23.4. The van der Waals surface area contributed by atoms with Gasteiger partial charge < -0.3 is 5.11 Å². The summed E-state index contributed by atoms with van der Waals surface area (Å²) in [6, 6.07) is 1.96. The molecule has 0 aromatic rings. The number of aliphatic hydroxyl groups is 1. The quantitative estimate of drug-likeness (QED) is 0.250. The summed E-state index contributed by atoms with van der Waals surface area (Å²) in [6.07, 6.45) is 20.5. The number of aliphatic imine (C=N–C) groups is 1. The summed E-state index contributed by atoms with van der Waals surface area (Å²) in [4.78, 5) is 3.66. The van der Waals surface area contributed by atoms with E-state index in [2.05, 4.69) is 32.3 Å². The van der Waals surface area contributed by atoms with Gasteiger partial charge in [0.1, 0.15) is 6.07 Å². The molecular formula is C32H52N2O. The summed E-state index contributed by atoms with van der Waals surface area (Å²) in [5.41, 5.74) is 2.30. The van der Waals surface area contributed by atoms with Gasteiger partial charge in [0.2, 0.25) is 0 Å². The van der Waals surface area contributed by atoms with Crippen molar-refractivity contribution in [3.63, 3.8) is 0 Å². The number of nitriles is 1. The second kappa shape index (κ2) is 12.2. The predicted octanol–water partition coefficient (Wildman–Crippen LogP) is 8.30. The van der Waals surface area contributed by atoms with Crippen LogP contribution in [0.3, 0.4) is 0 Å². The van der Waals surface area contributed by atoms with Crippen LogP contribution < -0.4 is 0 Å². The Hall–Kier alpha value is -1.40. The van der Waals surface area contributed by atoms with Crippen LogP contribution in [0, 0.1) is 52.3 Å². The Morgan fingerprint density at radius 1 is 1.03 bits per heavy atom. The minimum absolute atomic E-state index is 0.399. The van der Waals surface area contributed by atoms with Crippen molar-refractivity contribution < 1.29 is 5.11 Å². The zero-order chi connectivity index (χ0) is 25.6. The standard InChI is InChI=1S/C26H44O.C6H8N2/c1-5-7-18(2)23-8-6-9-24-22-11-10-19-12-15-25(3,27)16-13-20(19)21(22)14-17-26(23,24)4;1-3-6(4-7)5-8-2/h19-24,27H,2,5-17H2,1,3-4H3;3,5H,1-2H3/b;6-3-,8-5?/t19?,20?,21?,22?,23?,24-,25?,26?;/m0./s1. The third-order valence-electron chi connectivity index (χ3n) is 10.6. The van der Waals surface area contributed by atoms with Crippen LogP contribution in [0.5, 0.6) is 0 Å². The van der Waals surface area contributed by atoms with Gasteiger partial charge in [0.15, 0.2) is 0 Å². The predicted molar refractivity (Wildman–Crippen MR) is 148 cm³/mol. The number of nitrogens with zero attached hydrogens (tertiary/aromatic N) is 2. The van der Waals surface area contributed by atoms with Gasteiger partial charge in [-0.3, -0.25) is 4.99 Å². The van der Waals surface area contributed by atoms with Crippen molar-refractivity contribution in [1.29, 1.82) is 5.26 Å². The number of hydrogen-bond acceptors (Lipinski definition) is 3.